The summed E-state index contributed by atoms with van der Waals surface area (Å²) in [6.45, 7) is 13.0. The Kier molecular flexibility index (Phi) is 8.05. The standard InChI is InChI=1S/C36H38ClFN6O/c1-18-17-40-23(6)34(18)44-30(21(4)26-14-19(2)42-43(7)36(26)45)16-27-22(5)41-33-28(35(27)44)15-24(10-9-13-39)31(32(33)38)25-11-8-12-29(37)20(25)3/h8,11-12,14-16,18,21,23,34,40H,9-10,17H2,1-7H3/t18-,21?,23-,34+/m1/s1. The number of rotatable bonds is 6. The number of nitriles is 1. The lowest BCUT2D eigenvalue weighted by Gasteiger charge is -2.28. The molecular weight excluding hydrogens is 587 g/mol. The average Bonchev–Trinajstić information content (AvgIpc) is 3.55. The van der Waals surface area contributed by atoms with Crippen molar-refractivity contribution in [3.8, 4) is 17.2 Å². The van der Waals surface area contributed by atoms with E-state index in [9.17, 15) is 10.1 Å². The van der Waals surface area contributed by atoms with Gasteiger partial charge in [0.2, 0.25) is 0 Å². The number of aryl methyl sites for hydroxylation is 4. The summed E-state index contributed by atoms with van der Waals surface area (Å²) >= 11 is 6.50. The van der Waals surface area contributed by atoms with Crippen LogP contribution >= 0.6 is 11.6 Å². The molecular formula is C36H38ClFN6O. The number of hydrogen-bond donors (Lipinski definition) is 1. The number of aromatic nitrogens is 4. The number of hydrogen-bond acceptors (Lipinski definition) is 5. The van der Waals surface area contributed by atoms with Gasteiger partial charge < -0.3 is 9.88 Å². The minimum Gasteiger partial charge on any atom is -0.338 e. The van der Waals surface area contributed by atoms with E-state index in [2.05, 4.69) is 47.9 Å². The fourth-order valence-corrected chi connectivity index (χ4v) is 7.53. The van der Waals surface area contributed by atoms with Crippen molar-refractivity contribution in [2.24, 2.45) is 13.0 Å². The second kappa shape index (κ2) is 11.7. The Labute approximate surface area is 267 Å². The number of nitrogens with zero attached hydrogens (tertiary/aromatic N) is 5. The maximum absolute atomic E-state index is 17.0. The van der Waals surface area contributed by atoms with Crippen molar-refractivity contribution in [3.63, 3.8) is 0 Å². The molecule has 0 saturated carbocycles. The van der Waals surface area contributed by atoms with Crippen LogP contribution < -0.4 is 10.9 Å². The normalized spacial score (nSPS) is 19.0. The highest BCUT2D eigenvalue weighted by Gasteiger charge is 2.36. The molecule has 1 saturated heterocycles. The molecule has 4 atom stereocenters. The van der Waals surface area contributed by atoms with Gasteiger partial charge in [-0.1, -0.05) is 37.6 Å². The zero-order chi connectivity index (χ0) is 32.3. The van der Waals surface area contributed by atoms with E-state index >= 15 is 4.39 Å². The molecule has 9 heteroatoms. The fraction of sp³-hybridized carbons (Fsp3) is 0.389. The van der Waals surface area contributed by atoms with Crippen molar-refractivity contribution in [2.75, 3.05) is 6.54 Å². The summed E-state index contributed by atoms with van der Waals surface area (Å²) in [4.78, 5) is 18.3. The Balaban J connectivity index is 1.75. The average molecular weight is 625 g/mol. The van der Waals surface area contributed by atoms with Crippen LogP contribution in [0.3, 0.4) is 0 Å². The summed E-state index contributed by atoms with van der Waals surface area (Å²) in [7, 11) is 1.68. The van der Waals surface area contributed by atoms with E-state index in [-0.39, 0.29) is 41.4 Å². The molecule has 1 N–H and O–H groups in total. The summed E-state index contributed by atoms with van der Waals surface area (Å²) in [5, 5.41) is 19.7. The van der Waals surface area contributed by atoms with Crippen molar-refractivity contribution in [2.45, 2.75) is 72.4 Å². The molecule has 6 rings (SSSR count). The summed E-state index contributed by atoms with van der Waals surface area (Å²) in [5.41, 5.74) is 6.83. The van der Waals surface area contributed by atoms with Crippen LogP contribution in [0.1, 0.15) is 72.9 Å². The quantitative estimate of drug-likeness (QED) is 0.212. The molecule has 4 heterocycles. The van der Waals surface area contributed by atoms with E-state index in [1.54, 1.807) is 13.1 Å². The number of pyridine rings is 1. The smallest absolute Gasteiger partial charge is 0.270 e. The first-order valence-corrected chi connectivity index (χ1v) is 15.9. The molecule has 0 bridgehead atoms. The van der Waals surface area contributed by atoms with Crippen LogP contribution in [0.4, 0.5) is 4.39 Å². The van der Waals surface area contributed by atoms with Crippen molar-refractivity contribution < 1.29 is 4.39 Å². The van der Waals surface area contributed by atoms with Crippen LogP contribution in [0.5, 0.6) is 0 Å². The molecule has 0 amide bonds. The van der Waals surface area contributed by atoms with E-state index in [1.807, 2.05) is 45.0 Å². The van der Waals surface area contributed by atoms with Crippen LogP contribution in [0.15, 0.2) is 41.2 Å². The van der Waals surface area contributed by atoms with Gasteiger partial charge in [-0.2, -0.15) is 10.4 Å². The zero-order valence-corrected chi connectivity index (χ0v) is 27.6. The molecule has 2 aromatic carbocycles. The van der Waals surface area contributed by atoms with Gasteiger partial charge >= 0.3 is 0 Å². The molecule has 1 aliphatic heterocycles. The minimum atomic E-state index is -0.414. The van der Waals surface area contributed by atoms with Gasteiger partial charge in [-0.3, -0.25) is 4.79 Å². The third kappa shape index (κ3) is 5.03. The topological polar surface area (TPSA) is 88.5 Å². The third-order valence-corrected chi connectivity index (χ3v) is 10.0. The highest BCUT2D eigenvalue weighted by molar-refractivity contribution is 6.31. The van der Waals surface area contributed by atoms with Crippen LogP contribution in [-0.2, 0) is 13.5 Å². The summed E-state index contributed by atoms with van der Waals surface area (Å²) < 4.78 is 20.8. The Morgan fingerprint density at radius 3 is 2.62 bits per heavy atom. The van der Waals surface area contributed by atoms with Crippen LogP contribution in [0.25, 0.3) is 32.9 Å². The van der Waals surface area contributed by atoms with Gasteiger partial charge in [-0.25, -0.2) is 14.1 Å². The molecule has 3 aromatic heterocycles. The molecule has 232 valence electrons. The van der Waals surface area contributed by atoms with Gasteiger partial charge in [0, 0.05) is 70.3 Å². The first-order chi connectivity index (χ1) is 21.4. The van der Waals surface area contributed by atoms with E-state index in [0.29, 0.717) is 39.2 Å². The Morgan fingerprint density at radius 2 is 1.93 bits per heavy atom. The lowest BCUT2D eigenvalue weighted by atomic mass is 9.91. The first kappa shape index (κ1) is 30.9. The maximum Gasteiger partial charge on any atom is 0.270 e. The van der Waals surface area contributed by atoms with Gasteiger partial charge in [0.05, 0.1) is 23.3 Å². The highest BCUT2D eigenvalue weighted by Crippen LogP contribution is 2.44. The van der Waals surface area contributed by atoms with Crippen LogP contribution in [0.2, 0.25) is 5.02 Å². The van der Waals surface area contributed by atoms with Gasteiger partial charge in [0.15, 0.2) is 5.82 Å². The molecule has 5 aromatic rings. The van der Waals surface area contributed by atoms with Gasteiger partial charge in [-0.15, -0.1) is 0 Å². The molecule has 0 radical (unpaired) electrons. The predicted molar refractivity (Wildman–Crippen MR) is 178 cm³/mol. The Hall–Kier alpha value is -4.06. The van der Waals surface area contributed by atoms with Gasteiger partial charge in [0.1, 0.15) is 5.52 Å². The molecule has 0 spiro atoms. The monoisotopic (exact) mass is 624 g/mol. The summed E-state index contributed by atoms with van der Waals surface area (Å²) in [5.74, 6) is -0.394. The van der Waals surface area contributed by atoms with Crippen molar-refractivity contribution in [1.82, 2.24) is 24.6 Å². The van der Waals surface area contributed by atoms with Gasteiger partial charge in [0.25, 0.3) is 5.56 Å². The van der Waals surface area contributed by atoms with E-state index in [4.69, 9.17) is 16.6 Å². The highest BCUT2D eigenvalue weighted by atomic mass is 35.5. The summed E-state index contributed by atoms with van der Waals surface area (Å²) in [6.07, 6.45) is 0.628. The molecule has 0 aliphatic carbocycles. The molecule has 1 fully saturated rings. The maximum atomic E-state index is 17.0. The van der Waals surface area contributed by atoms with Crippen LogP contribution in [0, 0.1) is 43.8 Å². The van der Waals surface area contributed by atoms with Crippen LogP contribution in [-0.4, -0.2) is 31.9 Å². The van der Waals surface area contributed by atoms with Crippen molar-refractivity contribution in [3.05, 3.63) is 91.4 Å². The first-order valence-electron chi connectivity index (χ1n) is 15.5. The summed E-state index contributed by atoms with van der Waals surface area (Å²) in [6, 6.07) is 14.0. The number of nitrogens with one attached hydrogen (secondary N) is 1. The predicted octanol–water partition coefficient (Wildman–Crippen LogP) is 7.44. The van der Waals surface area contributed by atoms with E-state index < -0.39 is 5.82 Å². The Bertz CT molecular complexity index is 2080. The molecule has 45 heavy (non-hydrogen) atoms. The molecule has 1 unspecified atom stereocenters. The number of benzene rings is 2. The fourth-order valence-electron chi connectivity index (χ4n) is 7.36. The minimum absolute atomic E-state index is 0.0530. The molecule has 7 nitrogen and oxygen atoms in total. The largest absolute Gasteiger partial charge is 0.338 e. The van der Waals surface area contributed by atoms with Crippen molar-refractivity contribution in [1.29, 1.82) is 5.26 Å². The third-order valence-electron chi connectivity index (χ3n) is 9.63. The zero-order valence-electron chi connectivity index (χ0n) is 26.8. The van der Waals surface area contributed by atoms with Crippen molar-refractivity contribution >= 4 is 33.4 Å². The second-order valence-electron chi connectivity index (χ2n) is 12.6. The lowest BCUT2D eigenvalue weighted by Crippen LogP contribution is -2.30. The van der Waals surface area contributed by atoms with Gasteiger partial charge in [-0.05, 0) is 81.0 Å². The van der Waals surface area contributed by atoms with E-state index in [1.165, 1.54) is 4.68 Å². The number of fused-ring (bicyclic) bond motifs is 3. The lowest BCUT2D eigenvalue weighted by molar-refractivity contribution is 0.387. The van der Waals surface area contributed by atoms with E-state index in [0.717, 1.165) is 40.0 Å². The second-order valence-corrected chi connectivity index (χ2v) is 13.1. The number of halogens is 2. The molecule has 1 aliphatic rings. The SMILES string of the molecule is Cc1cc(C(C)c2cc3c(C)nc4c(F)c(-c5cccc(Cl)c5C)c(CCC#N)cc4c3n2[C@H]2[C@H](C)CN[C@@H]2C)c(=O)n(C)n1. The Morgan fingerprint density at radius 1 is 1.18 bits per heavy atom.